The molecule has 1 amide bonds. The average Bonchev–Trinajstić information content (AvgIpc) is 2.47. The molecule has 0 bridgehead atoms. The number of ether oxygens (including phenoxy) is 1. The lowest BCUT2D eigenvalue weighted by Crippen LogP contribution is -2.20. The van der Waals surface area contributed by atoms with Crippen molar-refractivity contribution in [3.8, 4) is 17.7 Å². The van der Waals surface area contributed by atoms with Crippen molar-refractivity contribution in [3.63, 3.8) is 0 Å². The molecule has 0 aliphatic carbocycles. The molecule has 1 heterocycles. The molecule has 1 unspecified atom stereocenters. The third-order valence-electron chi connectivity index (χ3n) is 2.81. The van der Waals surface area contributed by atoms with Crippen LogP contribution < -0.4 is 10.5 Å². The molecule has 0 saturated carbocycles. The number of amides is 1. The van der Waals surface area contributed by atoms with Gasteiger partial charge in [-0.25, -0.2) is 0 Å². The number of benzene rings is 1. The summed E-state index contributed by atoms with van der Waals surface area (Å²) < 4.78 is 6.10. The summed E-state index contributed by atoms with van der Waals surface area (Å²) in [4.78, 5) is 11.2. The van der Waals surface area contributed by atoms with Crippen molar-refractivity contribution in [3.05, 3.63) is 46.1 Å². The van der Waals surface area contributed by atoms with E-state index in [2.05, 4.69) is 26.1 Å². The number of para-hydroxylation sites is 1. The average molecular weight is 347 g/mol. The minimum absolute atomic E-state index is 0.213. The number of hydrogen-bond donors (Lipinski definition) is 1. The van der Waals surface area contributed by atoms with Crippen molar-refractivity contribution in [1.29, 1.82) is 5.26 Å². The number of carbonyl (C=O) groups excluding carboxylic acids is 1. The van der Waals surface area contributed by atoms with E-state index in [0.717, 1.165) is 0 Å². The largest absolute Gasteiger partial charge is 0.436 e. The van der Waals surface area contributed by atoms with Crippen LogP contribution in [0, 0.1) is 11.3 Å². The molecular weight excluding hydrogens is 336 g/mol. The monoisotopic (exact) mass is 346 g/mol. The highest BCUT2D eigenvalue weighted by Crippen LogP contribution is 2.28. The number of rotatable bonds is 4. The van der Waals surface area contributed by atoms with Crippen LogP contribution in [0.15, 0.2) is 34.8 Å². The van der Waals surface area contributed by atoms with Gasteiger partial charge in [0.05, 0.1) is 17.2 Å². The first-order valence-corrected chi connectivity index (χ1v) is 6.81. The van der Waals surface area contributed by atoms with Gasteiger partial charge in [0.1, 0.15) is 11.8 Å². The summed E-state index contributed by atoms with van der Waals surface area (Å²) in [6, 6.07) is 10.4. The van der Waals surface area contributed by atoms with Crippen LogP contribution in [0.25, 0.3) is 0 Å². The van der Waals surface area contributed by atoms with Crippen LogP contribution in [0.1, 0.15) is 24.1 Å². The molecule has 0 aliphatic heterocycles. The van der Waals surface area contributed by atoms with Crippen molar-refractivity contribution in [1.82, 2.24) is 10.2 Å². The normalized spacial score (nSPS) is 11.5. The van der Waals surface area contributed by atoms with E-state index in [0.29, 0.717) is 21.5 Å². The molecule has 106 valence electrons. The summed E-state index contributed by atoms with van der Waals surface area (Å²) in [5.74, 6) is -0.456. The van der Waals surface area contributed by atoms with Gasteiger partial charge in [0.25, 0.3) is 0 Å². The topological polar surface area (TPSA) is 102 Å². The number of nitrogens with two attached hydrogens (primary N) is 1. The molecule has 1 aromatic carbocycles. The zero-order valence-electron chi connectivity index (χ0n) is 11.1. The summed E-state index contributed by atoms with van der Waals surface area (Å²) in [6.07, 6.45) is 0. The third-order valence-corrected chi connectivity index (χ3v) is 3.45. The standard InChI is InChI=1S/C14H11BrN4O2/c1-8(14(17)20)13-10(15)6-12(18-19-13)21-11-5-3-2-4-9(11)7-16/h2-6,8H,1H3,(H2,17,20). The van der Waals surface area contributed by atoms with Crippen LogP contribution >= 0.6 is 15.9 Å². The summed E-state index contributed by atoms with van der Waals surface area (Å²) in [6.45, 7) is 1.64. The van der Waals surface area contributed by atoms with Gasteiger partial charge in [0.15, 0.2) is 0 Å². The number of nitriles is 1. The predicted octanol–water partition coefficient (Wildman–Crippen LogP) is 2.49. The van der Waals surface area contributed by atoms with Gasteiger partial charge in [-0.2, -0.15) is 5.26 Å². The number of hydrogen-bond acceptors (Lipinski definition) is 5. The first-order valence-electron chi connectivity index (χ1n) is 6.02. The maximum atomic E-state index is 11.2. The molecule has 1 aromatic heterocycles. The lowest BCUT2D eigenvalue weighted by atomic mass is 10.1. The molecule has 0 radical (unpaired) electrons. The SMILES string of the molecule is CC(C(N)=O)c1nnc(Oc2ccccc2C#N)cc1Br. The second kappa shape index (κ2) is 6.33. The quantitative estimate of drug-likeness (QED) is 0.915. The van der Waals surface area contributed by atoms with E-state index in [1.165, 1.54) is 0 Å². The Morgan fingerprint density at radius 2 is 2.14 bits per heavy atom. The molecule has 2 rings (SSSR count). The molecule has 2 aromatic rings. The molecule has 1 atom stereocenters. The van der Waals surface area contributed by atoms with E-state index in [9.17, 15) is 4.79 Å². The number of nitrogens with zero attached hydrogens (tertiary/aromatic N) is 3. The fourth-order valence-corrected chi connectivity index (χ4v) is 2.22. The van der Waals surface area contributed by atoms with Gasteiger partial charge in [-0.05, 0) is 35.0 Å². The first-order chi connectivity index (χ1) is 10.0. The van der Waals surface area contributed by atoms with E-state index in [4.69, 9.17) is 15.7 Å². The van der Waals surface area contributed by atoms with Crippen molar-refractivity contribution >= 4 is 21.8 Å². The Balaban J connectivity index is 2.29. The van der Waals surface area contributed by atoms with Crippen LogP contribution in [-0.4, -0.2) is 16.1 Å². The van der Waals surface area contributed by atoms with Gasteiger partial charge in [-0.3, -0.25) is 4.79 Å². The van der Waals surface area contributed by atoms with Crippen molar-refractivity contribution in [2.75, 3.05) is 0 Å². The van der Waals surface area contributed by atoms with E-state index in [1.54, 1.807) is 37.3 Å². The molecule has 6 nitrogen and oxygen atoms in total. The van der Waals surface area contributed by atoms with Gasteiger partial charge in [0.2, 0.25) is 11.8 Å². The summed E-state index contributed by atoms with van der Waals surface area (Å²) in [5, 5.41) is 16.8. The lowest BCUT2D eigenvalue weighted by Gasteiger charge is -2.10. The van der Waals surface area contributed by atoms with Gasteiger partial charge in [0, 0.05) is 10.5 Å². The molecule has 7 heteroatoms. The Bertz CT molecular complexity index is 727. The Kier molecular flexibility index (Phi) is 4.50. The number of aromatic nitrogens is 2. The molecule has 0 saturated heterocycles. The summed E-state index contributed by atoms with van der Waals surface area (Å²) in [5.41, 5.74) is 6.07. The Morgan fingerprint density at radius 1 is 1.43 bits per heavy atom. The van der Waals surface area contributed by atoms with E-state index in [1.807, 2.05) is 6.07 Å². The highest BCUT2D eigenvalue weighted by atomic mass is 79.9. The fraction of sp³-hybridized carbons (Fsp3) is 0.143. The second-order valence-electron chi connectivity index (χ2n) is 4.25. The van der Waals surface area contributed by atoms with Crippen LogP contribution in [-0.2, 0) is 4.79 Å². The Morgan fingerprint density at radius 3 is 2.76 bits per heavy atom. The third kappa shape index (κ3) is 3.35. The van der Waals surface area contributed by atoms with Crippen LogP contribution in [0.4, 0.5) is 0 Å². The fourth-order valence-electron chi connectivity index (χ4n) is 1.60. The summed E-state index contributed by atoms with van der Waals surface area (Å²) in [7, 11) is 0. The zero-order valence-corrected chi connectivity index (χ0v) is 12.7. The van der Waals surface area contributed by atoms with E-state index >= 15 is 0 Å². The highest BCUT2D eigenvalue weighted by Gasteiger charge is 2.18. The van der Waals surface area contributed by atoms with Crippen molar-refractivity contribution in [2.45, 2.75) is 12.8 Å². The van der Waals surface area contributed by atoms with E-state index < -0.39 is 11.8 Å². The maximum absolute atomic E-state index is 11.2. The van der Waals surface area contributed by atoms with Crippen LogP contribution in [0.5, 0.6) is 11.6 Å². The minimum Gasteiger partial charge on any atom is -0.436 e. The molecule has 21 heavy (non-hydrogen) atoms. The van der Waals surface area contributed by atoms with Gasteiger partial charge in [-0.15, -0.1) is 10.2 Å². The molecule has 0 aliphatic rings. The number of halogens is 1. The maximum Gasteiger partial charge on any atom is 0.240 e. The van der Waals surface area contributed by atoms with E-state index in [-0.39, 0.29) is 5.88 Å². The van der Waals surface area contributed by atoms with Gasteiger partial charge >= 0.3 is 0 Å². The highest BCUT2D eigenvalue weighted by molar-refractivity contribution is 9.10. The molecule has 0 fully saturated rings. The number of carbonyl (C=O) groups is 1. The van der Waals surface area contributed by atoms with Gasteiger partial charge in [-0.1, -0.05) is 12.1 Å². The predicted molar refractivity (Wildman–Crippen MR) is 78.6 cm³/mol. The molecular formula is C14H11BrN4O2. The van der Waals surface area contributed by atoms with Crippen molar-refractivity contribution in [2.24, 2.45) is 5.73 Å². The Hall–Kier alpha value is -2.46. The molecule has 2 N–H and O–H groups in total. The zero-order chi connectivity index (χ0) is 15.4. The van der Waals surface area contributed by atoms with Crippen LogP contribution in [0.2, 0.25) is 0 Å². The van der Waals surface area contributed by atoms with Gasteiger partial charge < -0.3 is 10.5 Å². The molecule has 0 spiro atoms. The van der Waals surface area contributed by atoms with Crippen LogP contribution in [0.3, 0.4) is 0 Å². The van der Waals surface area contributed by atoms with Crippen molar-refractivity contribution < 1.29 is 9.53 Å². The first kappa shape index (κ1) is 14.9. The Labute approximate surface area is 129 Å². The number of primary amides is 1. The second-order valence-corrected chi connectivity index (χ2v) is 5.10. The smallest absolute Gasteiger partial charge is 0.240 e. The minimum atomic E-state index is -0.563. The summed E-state index contributed by atoms with van der Waals surface area (Å²) >= 11 is 3.31. The lowest BCUT2D eigenvalue weighted by molar-refractivity contribution is -0.119.